The van der Waals surface area contributed by atoms with Crippen molar-refractivity contribution in [2.75, 3.05) is 13.6 Å². The van der Waals surface area contributed by atoms with Crippen molar-refractivity contribution in [3.63, 3.8) is 0 Å². The minimum Gasteiger partial charge on any atom is -0.330 e. The quantitative estimate of drug-likeness (QED) is 0.791. The summed E-state index contributed by atoms with van der Waals surface area (Å²) in [4.78, 5) is 0.238. The van der Waals surface area contributed by atoms with Gasteiger partial charge in [0.25, 0.3) is 0 Å². The van der Waals surface area contributed by atoms with Crippen molar-refractivity contribution in [3.8, 4) is 0 Å². The summed E-state index contributed by atoms with van der Waals surface area (Å²) in [6.45, 7) is 5.05. The maximum atomic E-state index is 12.3. The van der Waals surface area contributed by atoms with Crippen LogP contribution in [0.5, 0.6) is 0 Å². The van der Waals surface area contributed by atoms with E-state index in [1.165, 1.54) is 10.5 Å². The fourth-order valence-electron chi connectivity index (χ4n) is 1.51. The van der Waals surface area contributed by atoms with Crippen LogP contribution in [0.3, 0.4) is 0 Å². The molecule has 104 valence electrons. The lowest BCUT2D eigenvalue weighted by molar-refractivity contribution is 0.380. The average Bonchev–Trinajstić information content (AvgIpc) is 2.83. The van der Waals surface area contributed by atoms with E-state index in [0.717, 1.165) is 12.8 Å². The van der Waals surface area contributed by atoms with Crippen molar-refractivity contribution in [2.24, 2.45) is 5.73 Å². The fourth-order valence-corrected chi connectivity index (χ4v) is 2.90. The molecule has 0 radical (unpaired) electrons. The third-order valence-electron chi connectivity index (χ3n) is 3.09. The van der Waals surface area contributed by atoms with Gasteiger partial charge in [0.1, 0.15) is 4.90 Å². The van der Waals surface area contributed by atoms with Gasteiger partial charge in [-0.15, -0.1) is 0 Å². The zero-order valence-corrected chi connectivity index (χ0v) is 12.0. The van der Waals surface area contributed by atoms with Crippen LogP contribution in [0.4, 0.5) is 0 Å². The van der Waals surface area contributed by atoms with Crippen LogP contribution in [0.2, 0.25) is 0 Å². The van der Waals surface area contributed by atoms with Crippen LogP contribution in [-0.2, 0) is 16.6 Å². The lowest BCUT2D eigenvalue weighted by Crippen LogP contribution is -2.34. The first-order chi connectivity index (χ1) is 8.43. The van der Waals surface area contributed by atoms with Crippen molar-refractivity contribution in [2.45, 2.75) is 44.2 Å². The maximum Gasteiger partial charge on any atom is 0.246 e. The largest absolute Gasteiger partial charge is 0.330 e. The molecule has 0 fully saturated rings. The molecule has 1 atom stereocenters. The molecule has 0 saturated heterocycles. The summed E-state index contributed by atoms with van der Waals surface area (Å²) in [6.07, 6.45) is 4.51. The SMILES string of the molecule is CCC(C)N(C)S(=O)(=O)c1cnn(CCCN)c1. The molecule has 0 aromatic carbocycles. The molecular weight excluding hydrogens is 252 g/mol. The minimum atomic E-state index is -3.44. The van der Waals surface area contributed by atoms with Crippen LogP contribution in [0.25, 0.3) is 0 Å². The molecule has 0 aliphatic rings. The summed E-state index contributed by atoms with van der Waals surface area (Å²) < 4.78 is 27.5. The fraction of sp³-hybridized carbons (Fsp3) is 0.727. The third kappa shape index (κ3) is 3.30. The number of hydrogen-bond donors (Lipinski definition) is 1. The summed E-state index contributed by atoms with van der Waals surface area (Å²) in [5, 5.41) is 4.04. The molecule has 1 aromatic rings. The Balaban J connectivity index is 2.88. The van der Waals surface area contributed by atoms with Crippen molar-refractivity contribution in [1.82, 2.24) is 14.1 Å². The number of nitrogens with zero attached hydrogens (tertiary/aromatic N) is 3. The second-order valence-corrected chi connectivity index (χ2v) is 6.36. The van der Waals surface area contributed by atoms with Crippen LogP contribution in [0.1, 0.15) is 26.7 Å². The van der Waals surface area contributed by atoms with Gasteiger partial charge in [-0.3, -0.25) is 4.68 Å². The van der Waals surface area contributed by atoms with Crippen LogP contribution in [0, 0.1) is 0 Å². The van der Waals surface area contributed by atoms with Crippen molar-refractivity contribution < 1.29 is 8.42 Å². The van der Waals surface area contributed by atoms with Gasteiger partial charge in [0.05, 0.1) is 6.20 Å². The van der Waals surface area contributed by atoms with Gasteiger partial charge < -0.3 is 5.73 Å². The summed E-state index contributed by atoms with van der Waals surface area (Å²) in [6, 6.07) is -0.0256. The molecule has 0 aliphatic heterocycles. The van der Waals surface area contributed by atoms with E-state index < -0.39 is 10.0 Å². The molecule has 0 bridgehead atoms. The smallest absolute Gasteiger partial charge is 0.246 e. The highest BCUT2D eigenvalue weighted by molar-refractivity contribution is 7.89. The van der Waals surface area contributed by atoms with Gasteiger partial charge in [0.15, 0.2) is 0 Å². The van der Waals surface area contributed by atoms with Gasteiger partial charge in [-0.05, 0) is 26.3 Å². The number of nitrogens with two attached hydrogens (primary N) is 1. The Labute approximate surface area is 109 Å². The van der Waals surface area contributed by atoms with E-state index in [1.807, 2.05) is 13.8 Å². The summed E-state index contributed by atoms with van der Waals surface area (Å²) >= 11 is 0. The molecule has 1 heterocycles. The summed E-state index contributed by atoms with van der Waals surface area (Å²) in [7, 11) is -1.84. The standard InChI is InChI=1S/C11H22N4O2S/c1-4-10(2)14(3)18(16,17)11-8-13-15(9-11)7-5-6-12/h8-10H,4-7,12H2,1-3H3. The normalized spacial score (nSPS) is 14.1. The summed E-state index contributed by atoms with van der Waals surface area (Å²) in [5.74, 6) is 0. The maximum absolute atomic E-state index is 12.3. The van der Waals surface area contributed by atoms with Gasteiger partial charge in [0, 0.05) is 25.8 Å². The van der Waals surface area contributed by atoms with Gasteiger partial charge in [-0.2, -0.15) is 9.40 Å². The molecule has 1 unspecified atom stereocenters. The predicted molar refractivity (Wildman–Crippen MR) is 70.6 cm³/mol. The molecular formula is C11H22N4O2S. The van der Waals surface area contributed by atoms with Crippen molar-refractivity contribution in [3.05, 3.63) is 12.4 Å². The topological polar surface area (TPSA) is 81.2 Å². The average molecular weight is 274 g/mol. The van der Waals surface area contributed by atoms with Crippen molar-refractivity contribution in [1.29, 1.82) is 0 Å². The van der Waals surface area contributed by atoms with E-state index in [9.17, 15) is 8.42 Å². The highest BCUT2D eigenvalue weighted by Gasteiger charge is 2.25. The molecule has 0 amide bonds. The van der Waals surface area contributed by atoms with E-state index in [0.29, 0.717) is 13.1 Å². The van der Waals surface area contributed by atoms with Gasteiger partial charge >= 0.3 is 0 Å². The molecule has 0 spiro atoms. The number of aryl methyl sites for hydroxylation is 1. The Morgan fingerprint density at radius 3 is 2.78 bits per heavy atom. The Morgan fingerprint density at radius 2 is 2.22 bits per heavy atom. The number of sulfonamides is 1. The predicted octanol–water partition coefficient (Wildman–Crippen LogP) is 0.651. The first-order valence-electron chi connectivity index (χ1n) is 6.14. The molecule has 6 nitrogen and oxygen atoms in total. The first-order valence-corrected chi connectivity index (χ1v) is 7.58. The molecule has 0 aliphatic carbocycles. The van der Waals surface area contributed by atoms with Crippen LogP contribution >= 0.6 is 0 Å². The van der Waals surface area contributed by atoms with E-state index in [4.69, 9.17) is 5.73 Å². The zero-order valence-electron chi connectivity index (χ0n) is 11.2. The number of hydrogen-bond acceptors (Lipinski definition) is 4. The Bertz CT molecular complexity index is 469. The molecule has 18 heavy (non-hydrogen) atoms. The number of rotatable bonds is 7. The Hall–Kier alpha value is -0.920. The molecule has 1 aromatic heterocycles. The van der Waals surface area contributed by atoms with Crippen LogP contribution < -0.4 is 5.73 Å². The highest BCUT2D eigenvalue weighted by Crippen LogP contribution is 2.16. The molecule has 2 N–H and O–H groups in total. The van der Waals surface area contributed by atoms with Gasteiger partial charge in [-0.1, -0.05) is 6.92 Å². The lowest BCUT2D eigenvalue weighted by Gasteiger charge is -2.22. The third-order valence-corrected chi connectivity index (χ3v) is 5.01. The lowest BCUT2D eigenvalue weighted by atomic mass is 10.3. The van der Waals surface area contributed by atoms with Gasteiger partial charge in [-0.25, -0.2) is 8.42 Å². The zero-order chi connectivity index (χ0) is 13.8. The molecule has 0 saturated carbocycles. The van der Waals surface area contributed by atoms with Crippen LogP contribution in [0.15, 0.2) is 17.3 Å². The second kappa shape index (κ2) is 6.31. The van der Waals surface area contributed by atoms with E-state index >= 15 is 0 Å². The van der Waals surface area contributed by atoms with E-state index in [-0.39, 0.29) is 10.9 Å². The highest BCUT2D eigenvalue weighted by atomic mass is 32.2. The van der Waals surface area contributed by atoms with Gasteiger partial charge in [0.2, 0.25) is 10.0 Å². The van der Waals surface area contributed by atoms with E-state index in [1.54, 1.807) is 17.9 Å². The Kier molecular flexibility index (Phi) is 5.30. The summed E-state index contributed by atoms with van der Waals surface area (Å²) in [5.41, 5.74) is 5.41. The monoisotopic (exact) mass is 274 g/mol. The number of aromatic nitrogens is 2. The Morgan fingerprint density at radius 1 is 1.56 bits per heavy atom. The van der Waals surface area contributed by atoms with Crippen molar-refractivity contribution >= 4 is 10.0 Å². The molecule has 7 heteroatoms. The van der Waals surface area contributed by atoms with Crippen LogP contribution in [-0.4, -0.2) is 42.1 Å². The first kappa shape index (κ1) is 15.1. The second-order valence-electron chi connectivity index (χ2n) is 4.36. The molecule has 1 rings (SSSR count). The minimum absolute atomic E-state index is 0.0256. The van der Waals surface area contributed by atoms with E-state index in [2.05, 4.69) is 5.10 Å².